The Morgan fingerprint density at radius 2 is 1.67 bits per heavy atom. The van der Waals surface area contributed by atoms with Crippen LogP contribution in [0.5, 0.6) is 0 Å². The van der Waals surface area contributed by atoms with Gasteiger partial charge in [-0.1, -0.05) is 18.2 Å². The maximum atomic E-state index is 12.8. The highest BCUT2D eigenvalue weighted by molar-refractivity contribution is 5.89. The van der Waals surface area contributed by atoms with Crippen LogP contribution in [0.25, 0.3) is 0 Å². The number of nitrogens with one attached hydrogen (secondary N) is 2. The number of carbonyl (C=O) groups is 3. The number of carbonyl (C=O) groups excluding carboxylic acids is 3. The zero-order valence-electron chi connectivity index (χ0n) is 15.9. The van der Waals surface area contributed by atoms with Crippen LogP contribution >= 0.6 is 0 Å². The number of anilines is 1. The lowest BCUT2D eigenvalue weighted by atomic mass is 9.86. The minimum atomic E-state index is -0.440. The van der Waals surface area contributed by atoms with Crippen molar-refractivity contribution in [3.63, 3.8) is 0 Å². The lowest BCUT2D eigenvalue weighted by Gasteiger charge is -2.33. The second-order valence-corrected chi connectivity index (χ2v) is 7.28. The fourth-order valence-electron chi connectivity index (χ4n) is 3.97. The van der Waals surface area contributed by atoms with Crippen molar-refractivity contribution in [2.75, 3.05) is 51.6 Å². The molecule has 2 N–H and O–H groups in total. The average Bonchev–Trinajstić information content (AvgIpc) is 2.86. The summed E-state index contributed by atoms with van der Waals surface area (Å²) in [4.78, 5) is 42.7. The van der Waals surface area contributed by atoms with Crippen LogP contribution < -0.4 is 10.6 Å². The van der Waals surface area contributed by atoms with E-state index in [0.717, 1.165) is 5.69 Å². The Hall–Kier alpha value is -2.77. The van der Waals surface area contributed by atoms with Crippen LogP contribution in [0, 0.1) is 5.41 Å². The van der Waals surface area contributed by atoms with E-state index in [2.05, 4.69) is 10.6 Å². The molecule has 8 heteroatoms. The van der Waals surface area contributed by atoms with Gasteiger partial charge in [0.05, 0.1) is 0 Å². The molecule has 0 bridgehead atoms. The monoisotopic (exact) mass is 373 g/mol. The highest BCUT2D eigenvalue weighted by atomic mass is 16.2. The van der Waals surface area contributed by atoms with Gasteiger partial charge in [-0.2, -0.15) is 0 Å². The van der Waals surface area contributed by atoms with E-state index in [1.807, 2.05) is 37.3 Å². The Labute approximate surface area is 159 Å². The number of para-hydroxylation sites is 1. The van der Waals surface area contributed by atoms with Gasteiger partial charge in [0.2, 0.25) is 5.91 Å². The standard InChI is InChI=1S/C19H27N5O3/c1-3-22-12-19(11-16(22)25)13-23(17(26)20-2)9-10-24(14-19)18(27)21-15-7-5-4-6-8-15/h4-8H,3,9-14H2,1-2H3,(H,20,26)(H,21,27)/t19-/m0/s1. The number of hydrogen-bond donors (Lipinski definition) is 2. The third-order valence-electron chi connectivity index (χ3n) is 5.29. The van der Waals surface area contributed by atoms with Gasteiger partial charge in [0.25, 0.3) is 0 Å². The van der Waals surface area contributed by atoms with Gasteiger partial charge in [-0.05, 0) is 19.1 Å². The third kappa shape index (κ3) is 4.15. The first-order valence-corrected chi connectivity index (χ1v) is 9.32. The molecule has 2 saturated heterocycles. The van der Waals surface area contributed by atoms with Gasteiger partial charge < -0.3 is 25.3 Å². The maximum Gasteiger partial charge on any atom is 0.321 e. The molecule has 0 aliphatic carbocycles. The van der Waals surface area contributed by atoms with Gasteiger partial charge in [0.1, 0.15) is 0 Å². The van der Waals surface area contributed by atoms with Gasteiger partial charge >= 0.3 is 12.1 Å². The molecule has 2 fully saturated rings. The minimum absolute atomic E-state index is 0.0830. The van der Waals surface area contributed by atoms with Crippen LogP contribution in [0.3, 0.4) is 0 Å². The number of benzene rings is 1. The van der Waals surface area contributed by atoms with Crippen molar-refractivity contribution >= 4 is 23.7 Å². The van der Waals surface area contributed by atoms with Crippen LogP contribution in [-0.2, 0) is 4.79 Å². The highest BCUT2D eigenvalue weighted by Gasteiger charge is 2.47. The quantitative estimate of drug-likeness (QED) is 0.822. The number of hydrogen-bond acceptors (Lipinski definition) is 3. The third-order valence-corrected chi connectivity index (χ3v) is 5.29. The van der Waals surface area contributed by atoms with Crippen molar-refractivity contribution in [1.82, 2.24) is 20.0 Å². The molecule has 2 aliphatic heterocycles. The predicted molar refractivity (Wildman–Crippen MR) is 102 cm³/mol. The van der Waals surface area contributed by atoms with Crippen LogP contribution in [0.4, 0.5) is 15.3 Å². The van der Waals surface area contributed by atoms with Crippen molar-refractivity contribution in [2.45, 2.75) is 13.3 Å². The molecule has 0 radical (unpaired) electrons. The van der Waals surface area contributed by atoms with E-state index in [0.29, 0.717) is 45.7 Å². The molecule has 146 valence electrons. The van der Waals surface area contributed by atoms with Crippen molar-refractivity contribution in [3.05, 3.63) is 30.3 Å². The molecule has 3 rings (SSSR count). The van der Waals surface area contributed by atoms with Crippen molar-refractivity contribution in [2.24, 2.45) is 5.41 Å². The summed E-state index contributed by atoms with van der Waals surface area (Å²) < 4.78 is 0. The summed E-state index contributed by atoms with van der Waals surface area (Å²) >= 11 is 0. The molecule has 27 heavy (non-hydrogen) atoms. The topological polar surface area (TPSA) is 85.0 Å². The summed E-state index contributed by atoms with van der Waals surface area (Å²) in [6.07, 6.45) is 0.351. The molecular formula is C19H27N5O3. The van der Waals surface area contributed by atoms with E-state index < -0.39 is 5.41 Å². The van der Waals surface area contributed by atoms with Gasteiger partial charge in [-0.3, -0.25) is 4.79 Å². The first-order chi connectivity index (χ1) is 13.0. The number of rotatable bonds is 2. The van der Waals surface area contributed by atoms with Gasteiger partial charge in [0, 0.05) is 63.8 Å². The molecule has 8 nitrogen and oxygen atoms in total. The Bertz CT molecular complexity index is 711. The highest BCUT2D eigenvalue weighted by Crippen LogP contribution is 2.35. The number of amides is 5. The maximum absolute atomic E-state index is 12.8. The zero-order chi connectivity index (χ0) is 19.4. The smallest absolute Gasteiger partial charge is 0.321 e. The second-order valence-electron chi connectivity index (χ2n) is 7.28. The van der Waals surface area contributed by atoms with Crippen molar-refractivity contribution in [1.29, 1.82) is 0 Å². The van der Waals surface area contributed by atoms with E-state index in [1.54, 1.807) is 21.7 Å². The van der Waals surface area contributed by atoms with Gasteiger partial charge in [-0.25, -0.2) is 9.59 Å². The summed E-state index contributed by atoms with van der Waals surface area (Å²) in [5, 5.41) is 5.57. The Balaban J connectivity index is 1.80. The summed E-state index contributed by atoms with van der Waals surface area (Å²) in [5.74, 6) is 0.0830. The molecule has 0 saturated carbocycles. The SMILES string of the molecule is CCN1C[C@@]2(CC1=O)CN(C(=O)NC)CCN(C(=O)Nc1ccccc1)C2. The lowest BCUT2D eigenvalue weighted by Crippen LogP contribution is -2.47. The second kappa shape index (κ2) is 7.85. The van der Waals surface area contributed by atoms with Gasteiger partial charge in [-0.15, -0.1) is 0 Å². The van der Waals surface area contributed by atoms with E-state index in [1.165, 1.54) is 0 Å². The van der Waals surface area contributed by atoms with E-state index in [-0.39, 0.29) is 18.0 Å². The molecule has 5 amide bonds. The van der Waals surface area contributed by atoms with E-state index in [4.69, 9.17) is 0 Å². The molecule has 2 aliphatic rings. The molecular weight excluding hydrogens is 346 g/mol. The number of likely N-dealkylation sites (tertiary alicyclic amines) is 1. The van der Waals surface area contributed by atoms with Crippen LogP contribution in [0.2, 0.25) is 0 Å². The van der Waals surface area contributed by atoms with Gasteiger partial charge in [0.15, 0.2) is 0 Å². The molecule has 2 heterocycles. The number of nitrogens with zero attached hydrogens (tertiary/aromatic N) is 3. The Morgan fingerprint density at radius 1 is 1.04 bits per heavy atom. The lowest BCUT2D eigenvalue weighted by molar-refractivity contribution is -0.127. The van der Waals surface area contributed by atoms with Crippen LogP contribution in [0.15, 0.2) is 30.3 Å². The summed E-state index contributed by atoms with van der Waals surface area (Å²) in [5.41, 5.74) is 0.283. The molecule has 1 atom stereocenters. The Kier molecular flexibility index (Phi) is 5.53. The summed E-state index contributed by atoms with van der Waals surface area (Å²) in [6, 6.07) is 8.90. The fraction of sp³-hybridized carbons (Fsp3) is 0.526. The predicted octanol–water partition coefficient (Wildman–Crippen LogP) is 1.41. The fourth-order valence-corrected chi connectivity index (χ4v) is 3.97. The Morgan fingerprint density at radius 3 is 2.22 bits per heavy atom. The first-order valence-electron chi connectivity index (χ1n) is 9.32. The average molecular weight is 373 g/mol. The van der Waals surface area contributed by atoms with Crippen molar-refractivity contribution in [3.8, 4) is 0 Å². The molecule has 1 aromatic rings. The van der Waals surface area contributed by atoms with E-state index >= 15 is 0 Å². The van der Waals surface area contributed by atoms with Crippen molar-refractivity contribution < 1.29 is 14.4 Å². The van der Waals surface area contributed by atoms with Crippen LogP contribution in [0.1, 0.15) is 13.3 Å². The zero-order valence-corrected chi connectivity index (χ0v) is 15.9. The summed E-state index contributed by atoms with van der Waals surface area (Å²) in [6.45, 7) is 4.91. The molecule has 0 unspecified atom stereocenters. The largest absolute Gasteiger partial charge is 0.342 e. The van der Waals surface area contributed by atoms with E-state index in [9.17, 15) is 14.4 Å². The number of urea groups is 2. The first kappa shape index (κ1) is 19.0. The molecule has 1 spiro atoms. The normalized spacial score (nSPS) is 22.7. The minimum Gasteiger partial charge on any atom is -0.342 e. The molecule has 1 aromatic carbocycles. The molecule has 0 aromatic heterocycles. The summed E-state index contributed by atoms with van der Waals surface area (Å²) in [7, 11) is 1.60. The van der Waals surface area contributed by atoms with Crippen LogP contribution in [-0.4, -0.2) is 79.0 Å².